The molecule has 0 N–H and O–H groups in total. The molecule has 0 bridgehead atoms. The van der Waals surface area contributed by atoms with Crippen LogP contribution in [-0.4, -0.2) is 37.1 Å². The molecule has 1 heterocycles. The van der Waals surface area contributed by atoms with E-state index in [2.05, 4.69) is 6.92 Å². The molecule has 1 aliphatic carbocycles. The number of nitrogens with zero attached hydrogens (tertiary/aromatic N) is 1. The number of ether oxygens (including phenoxy) is 1. The topological polar surface area (TPSA) is 29.5 Å². The van der Waals surface area contributed by atoms with Gasteiger partial charge in [-0.05, 0) is 31.1 Å². The van der Waals surface area contributed by atoms with Gasteiger partial charge in [-0.25, -0.2) is 0 Å². The zero-order chi connectivity index (χ0) is 10.7. The number of amides is 1. The van der Waals surface area contributed by atoms with E-state index in [0.29, 0.717) is 6.61 Å². The van der Waals surface area contributed by atoms with Crippen LogP contribution in [0.2, 0.25) is 0 Å². The second-order valence-electron chi connectivity index (χ2n) is 4.80. The summed E-state index contributed by atoms with van der Waals surface area (Å²) in [5.74, 6) is 1.78. The van der Waals surface area contributed by atoms with E-state index in [9.17, 15) is 4.79 Å². The predicted molar refractivity (Wildman–Crippen MR) is 58.5 cm³/mol. The van der Waals surface area contributed by atoms with E-state index in [1.165, 1.54) is 19.3 Å². The fraction of sp³-hybridized carbons (Fsp3) is 0.917. The lowest BCUT2D eigenvalue weighted by atomic mass is 10.0. The summed E-state index contributed by atoms with van der Waals surface area (Å²) in [6, 6.07) is 0. The number of fused-ring (bicyclic) bond motifs is 1. The zero-order valence-corrected chi connectivity index (χ0v) is 9.58. The Morgan fingerprint density at radius 3 is 2.60 bits per heavy atom. The van der Waals surface area contributed by atoms with Gasteiger partial charge >= 0.3 is 0 Å². The van der Waals surface area contributed by atoms with E-state index < -0.39 is 0 Å². The molecular formula is C12H21NO2. The van der Waals surface area contributed by atoms with Crippen LogP contribution in [0.25, 0.3) is 0 Å². The molecule has 0 spiro atoms. The first kappa shape index (κ1) is 10.9. The molecule has 86 valence electrons. The van der Waals surface area contributed by atoms with Crippen molar-refractivity contribution >= 4 is 5.91 Å². The largest absolute Gasteiger partial charge is 0.372 e. The Kier molecular flexibility index (Phi) is 3.62. The van der Waals surface area contributed by atoms with Crippen molar-refractivity contribution in [2.45, 2.75) is 32.6 Å². The quantitative estimate of drug-likeness (QED) is 0.662. The molecule has 1 aliphatic heterocycles. The van der Waals surface area contributed by atoms with Gasteiger partial charge in [-0.2, -0.15) is 0 Å². The first-order valence-corrected chi connectivity index (χ1v) is 6.16. The van der Waals surface area contributed by atoms with Crippen LogP contribution in [0.5, 0.6) is 0 Å². The molecular weight excluding hydrogens is 190 g/mol. The molecule has 1 amide bonds. The predicted octanol–water partition coefficient (Wildman–Crippen LogP) is 1.67. The lowest BCUT2D eigenvalue weighted by molar-refractivity contribution is -0.135. The van der Waals surface area contributed by atoms with Gasteiger partial charge in [-0.15, -0.1) is 0 Å². The van der Waals surface area contributed by atoms with E-state index in [-0.39, 0.29) is 12.5 Å². The van der Waals surface area contributed by atoms with Crippen LogP contribution < -0.4 is 0 Å². The molecule has 0 aromatic heterocycles. The molecule has 0 aromatic rings. The van der Waals surface area contributed by atoms with Gasteiger partial charge in [0.2, 0.25) is 5.91 Å². The fourth-order valence-electron chi connectivity index (χ4n) is 2.83. The van der Waals surface area contributed by atoms with Gasteiger partial charge in [0.05, 0.1) is 0 Å². The normalized spacial score (nSPS) is 29.5. The smallest absolute Gasteiger partial charge is 0.248 e. The summed E-state index contributed by atoms with van der Waals surface area (Å²) >= 11 is 0. The van der Waals surface area contributed by atoms with E-state index in [4.69, 9.17) is 4.74 Å². The van der Waals surface area contributed by atoms with Crippen LogP contribution in [0.4, 0.5) is 0 Å². The Balaban J connectivity index is 1.73. The number of carbonyl (C=O) groups is 1. The Morgan fingerprint density at radius 2 is 2.00 bits per heavy atom. The summed E-state index contributed by atoms with van der Waals surface area (Å²) in [4.78, 5) is 13.8. The third-order valence-electron chi connectivity index (χ3n) is 3.65. The van der Waals surface area contributed by atoms with Gasteiger partial charge in [-0.1, -0.05) is 13.3 Å². The maximum Gasteiger partial charge on any atom is 0.248 e. The number of likely N-dealkylation sites (tertiary alicyclic amines) is 1. The first-order valence-electron chi connectivity index (χ1n) is 6.16. The van der Waals surface area contributed by atoms with Gasteiger partial charge in [-0.3, -0.25) is 4.79 Å². The van der Waals surface area contributed by atoms with Crippen molar-refractivity contribution in [1.29, 1.82) is 0 Å². The summed E-state index contributed by atoms with van der Waals surface area (Å²) in [6.45, 7) is 5.02. The van der Waals surface area contributed by atoms with Crippen LogP contribution >= 0.6 is 0 Å². The third kappa shape index (κ3) is 2.51. The summed E-state index contributed by atoms with van der Waals surface area (Å²) in [5.41, 5.74) is 0. The molecule has 3 nitrogen and oxygen atoms in total. The summed E-state index contributed by atoms with van der Waals surface area (Å²) < 4.78 is 5.29. The Hall–Kier alpha value is -0.570. The minimum Gasteiger partial charge on any atom is -0.372 e. The lowest BCUT2D eigenvalue weighted by Gasteiger charge is -2.17. The van der Waals surface area contributed by atoms with Gasteiger partial charge in [0.15, 0.2) is 0 Å². The molecule has 1 saturated carbocycles. The van der Waals surface area contributed by atoms with Gasteiger partial charge in [0, 0.05) is 19.7 Å². The average Bonchev–Trinajstić information content (AvgIpc) is 2.76. The van der Waals surface area contributed by atoms with Gasteiger partial charge < -0.3 is 9.64 Å². The molecule has 0 radical (unpaired) electrons. The second-order valence-corrected chi connectivity index (χ2v) is 4.80. The van der Waals surface area contributed by atoms with Gasteiger partial charge in [0.1, 0.15) is 6.61 Å². The standard InChI is InChI=1S/C12H21NO2/c1-2-6-15-9-12(14)13-7-10-4-3-5-11(10)8-13/h10-11H,2-9H2,1H3. The molecule has 2 unspecified atom stereocenters. The van der Waals surface area contributed by atoms with Crippen molar-refractivity contribution in [3.8, 4) is 0 Å². The van der Waals surface area contributed by atoms with Crippen LogP contribution in [0.15, 0.2) is 0 Å². The molecule has 2 fully saturated rings. The maximum absolute atomic E-state index is 11.8. The molecule has 2 aliphatic rings. The van der Waals surface area contributed by atoms with Crippen LogP contribution in [0, 0.1) is 11.8 Å². The van der Waals surface area contributed by atoms with Crippen molar-refractivity contribution in [2.24, 2.45) is 11.8 Å². The number of hydrogen-bond donors (Lipinski definition) is 0. The molecule has 2 atom stereocenters. The monoisotopic (exact) mass is 211 g/mol. The molecule has 3 heteroatoms. The molecule has 2 rings (SSSR count). The number of hydrogen-bond acceptors (Lipinski definition) is 2. The van der Waals surface area contributed by atoms with Crippen LogP contribution in [0.1, 0.15) is 32.6 Å². The van der Waals surface area contributed by atoms with E-state index in [1.54, 1.807) is 0 Å². The fourth-order valence-corrected chi connectivity index (χ4v) is 2.83. The lowest BCUT2D eigenvalue weighted by Crippen LogP contribution is -2.32. The first-order chi connectivity index (χ1) is 7.31. The van der Waals surface area contributed by atoms with E-state index in [1.807, 2.05) is 4.90 Å². The molecule has 1 saturated heterocycles. The minimum atomic E-state index is 0.192. The average molecular weight is 211 g/mol. The van der Waals surface area contributed by atoms with E-state index in [0.717, 1.165) is 31.3 Å². The van der Waals surface area contributed by atoms with Crippen molar-refractivity contribution in [1.82, 2.24) is 4.90 Å². The molecule has 15 heavy (non-hydrogen) atoms. The van der Waals surface area contributed by atoms with Crippen molar-refractivity contribution < 1.29 is 9.53 Å². The number of rotatable bonds is 4. The Labute approximate surface area is 91.8 Å². The highest BCUT2D eigenvalue weighted by Gasteiger charge is 2.37. The minimum absolute atomic E-state index is 0.192. The summed E-state index contributed by atoms with van der Waals surface area (Å²) in [6.07, 6.45) is 5.00. The van der Waals surface area contributed by atoms with Crippen molar-refractivity contribution in [3.05, 3.63) is 0 Å². The highest BCUT2D eigenvalue weighted by atomic mass is 16.5. The number of carbonyl (C=O) groups excluding carboxylic acids is 1. The molecule has 0 aromatic carbocycles. The van der Waals surface area contributed by atoms with Crippen molar-refractivity contribution in [2.75, 3.05) is 26.3 Å². The third-order valence-corrected chi connectivity index (χ3v) is 3.65. The van der Waals surface area contributed by atoms with Crippen LogP contribution in [0.3, 0.4) is 0 Å². The zero-order valence-electron chi connectivity index (χ0n) is 9.58. The Bertz CT molecular complexity index is 218. The maximum atomic E-state index is 11.8. The highest BCUT2D eigenvalue weighted by Crippen LogP contribution is 2.37. The summed E-state index contributed by atoms with van der Waals surface area (Å²) in [7, 11) is 0. The van der Waals surface area contributed by atoms with Gasteiger partial charge in [0.25, 0.3) is 0 Å². The van der Waals surface area contributed by atoms with E-state index >= 15 is 0 Å². The highest BCUT2D eigenvalue weighted by molar-refractivity contribution is 5.77. The SMILES string of the molecule is CCCOCC(=O)N1CC2CCCC2C1. The summed E-state index contributed by atoms with van der Waals surface area (Å²) in [5, 5.41) is 0. The van der Waals surface area contributed by atoms with Crippen LogP contribution in [-0.2, 0) is 9.53 Å². The van der Waals surface area contributed by atoms with Crippen molar-refractivity contribution in [3.63, 3.8) is 0 Å². The Morgan fingerprint density at radius 1 is 1.33 bits per heavy atom. The second kappa shape index (κ2) is 4.97.